The first-order valence-corrected chi connectivity index (χ1v) is 7.04. The van der Waals surface area contributed by atoms with E-state index in [-0.39, 0.29) is 6.04 Å². The zero-order chi connectivity index (χ0) is 14.5. The normalized spacial score (nSPS) is 12.8. The molecule has 0 aromatic carbocycles. The fraction of sp³-hybridized carbons (Fsp3) is 0.500. The fourth-order valence-electron chi connectivity index (χ4n) is 2.35. The van der Waals surface area contributed by atoms with E-state index in [4.69, 9.17) is 20.8 Å². The molecule has 0 radical (unpaired) electrons. The number of halogens is 1. The molecule has 2 rings (SSSR count). The van der Waals surface area contributed by atoms with Gasteiger partial charge in [0.05, 0.1) is 42.4 Å². The van der Waals surface area contributed by atoms with Crippen molar-refractivity contribution in [2.75, 3.05) is 20.8 Å². The number of nitrogens with zero attached hydrogens (tertiary/aromatic N) is 2. The van der Waals surface area contributed by atoms with Gasteiger partial charge in [-0.1, -0.05) is 18.5 Å². The molecule has 0 aliphatic heterocycles. The molecule has 0 aliphatic rings. The quantitative estimate of drug-likeness (QED) is 0.853. The molecule has 2 heterocycles. The van der Waals surface area contributed by atoms with Gasteiger partial charge in [-0.3, -0.25) is 4.68 Å². The molecule has 2 aromatic rings. The Balaban J connectivity index is 2.39. The minimum absolute atomic E-state index is 0.0458. The van der Waals surface area contributed by atoms with Gasteiger partial charge >= 0.3 is 0 Å². The Morgan fingerprint density at radius 3 is 3.00 bits per heavy atom. The summed E-state index contributed by atoms with van der Waals surface area (Å²) in [5.41, 5.74) is 2.03. The van der Waals surface area contributed by atoms with Crippen LogP contribution in [0.2, 0.25) is 5.02 Å². The Morgan fingerprint density at radius 1 is 1.55 bits per heavy atom. The molecule has 0 aliphatic carbocycles. The lowest BCUT2D eigenvalue weighted by atomic mass is 10.0. The Kier molecular flexibility index (Phi) is 5.23. The summed E-state index contributed by atoms with van der Waals surface area (Å²) in [7, 11) is 3.58. The first kappa shape index (κ1) is 15.1. The number of nitrogens with one attached hydrogen (secondary N) is 1. The number of furan rings is 1. The SMILES string of the molecule is CCc1occc1C(NC)c1c(Cl)cnn1CCOC. The molecule has 0 fully saturated rings. The summed E-state index contributed by atoms with van der Waals surface area (Å²) in [6.45, 7) is 3.32. The van der Waals surface area contributed by atoms with Crippen LogP contribution in [0.1, 0.15) is 30.0 Å². The van der Waals surface area contributed by atoms with Crippen LogP contribution in [0.5, 0.6) is 0 Å². The van der Waals surface area contributed by atoms with Crippen LogP contribution in [-0.2, 0) is 17.7 Å². The van der Waals surface area contributed by atoms with Crippen LogP contribution in [0.4, 0.5) is 0 Å². The summed E-state index contributed by atoms with van der Waals surface area (Å²) in [5, 5.41) is 8.26. The summed E-state index contributed by atoms with van der Waals surface area (Å²) in [6.07, 6.45) is 4.22. The van der Waals surface area contributed by atoms with E-state index in [0.29, 0.717) is 18.2 Å². The van der Waals surface area contributed by atoms with Crippen LogP contribution in [0.3, 0.4) is 0 Å². The average molecular weight is 298 g/mol. The van der Waals surface area contributed by atoms with Crippen LogP contribution >= 0.6 is 11.6 Å². The number of hydrogen-bond donors (Lipinski definition) is 1. The van der Waals surface area contributed by atoms with Gasteiger partial charge in [0.25, 0.3) is 0 Å². The second-order valence-electron chi connectivity index (χ2n) is 4.47. The van der Waals surface area contributed by atoms with Crippen LogP contribution in [-0.4, -0.2) is 30.5 Å². The molecule has 0 bridgehead atoms. The van der Waals surface area contributed by atoms with Gasteiger partial charge in [-0.05, 0) is 13.1 Å². The first-order valence-electron chi connectivity index (χ1n) is 6.66. The van der Waals surface area contributed by atoms with Crippen molar-refractivity contribution in [2.24, 2.45) is 0 Å². The van der Waals surface area contributed by atoms with Gasteiger partial charge in [-0.2, -0.15) is 5.10 Å². The highest BCUT2D eigenvalue weighted by Crippen LogP contribution is 2.30. The maximum Gasteiger partial charge on any atom is 0.108 e. The first-order chi connectivity index (χ1) is 9.72. The smallest absolute Gasteiger partial charge is 0.108 e. The molecule has 1 unspecified atom stereocenters. The zero-order valence-electron chi connectivity index (χ0n) is 12.0. The molecule has 2 aromatic heterocycles. The van der Waals surface area contributed by atoms with E-state index in [1.807, 2.05) is 17.8 Å². The summed E-state index contributed by atoms with van der Waals surface area (Å²) in [4.78, 5) is 0. The Morgan fingerprint density at radius 2 is 2.35 bits per heavy atom. The zero-order valence-corrected chi connectivity index (χ0v) is 12.8. The van der Waals surface area contributed by atoms with Gasteiger partial charge < -0.3 is 14.5 Å². The number of aromatic nitrogens is 2. The van der Waals surface area contributed by atoms with Crippen molar-refractivity contribution in [3.05, 3.63) is 40.6 Å². The topological polar surface area (TPSA) is 52.2 Å². The van der Waals surface area contributed by atoms with Gasteiger partial charge in [0, 0.05) is 19.1 Å². The molecule has 1 N–H and O–H groups in total. The predicted octanol–water partition coefficient (Wildman–Crippen LogP) is 2.65. The van der Waals surface area contributed by atoms with Crippen LogP contribution in [0.25, 0.3) is 0 Å². The summed E-state index contributed by atoms with van der Waals surface area (Å²) in [6, 6.07) is 1.93. The van der Waals surface area contributed by atoms with Gasteiger partial charge in [-0.25, -0.2) is 0 Å². The highest BCUT2D eigenvalue weighted by atomic mass is 35.5. The lowest BCUT2D eigenvalue weighted by molar-refractivity contribution is 0.182. The number of rotatable bonds is 7. The molecule has 110 valence electrons. The molecular formula is C14H20ClN3O2. The third-order valence-corrected chi connectivity index (χ3v) is 3.61. The number of aryl methyl sites for hydroxylation is 1. The average Bonchev–Trinajstić information content (AvgIpc) is 3.06. The van der Waals surface area contributed by atoms with Gasteiger partial charge in [0.1, 0.15) is 5.76 Å². The number of methoxy groups -OCH3 is 1. The number of hydrogen-bond acceptors (Lipinski definition) is 4. The molecule has 0 saturated heterocycles. The lowest BCUT2D eigenvalue weighted by Crippen LogP contribution is -2.23. The maximum absolute atomic E-state index is 6.32. The van der Waals surface area contributed by atoms with Crippen molar-refractivity contribution in [1.29, 1.82) is 0 Å². The molecule has 1 atom stereocenters. The van der Waals surface area contributed by atoms with Crippen LogP contribution in [0.15, 0.2) is 22.9 Å². The van der Waals surface area contributed by atoms with Crippen molar-refractivity contribution in [1.82, 2.24) is 15.1 Å². The van der Waals surface area contributed by atoms with E-state index in [1.54, 1.807) is 19.6 Å². The van der Waals surface area contributed by atoms with Crippen molar-refractivity contribution < 1.29 is 9.15 Å². The second-order valence-corrected chi connectivity index (χ2v) is 4.88. The predicted molar refractivity (Wildman–Crippen MR) is 78.1 cm³/mol. The van der Waals surface area contributed by atoms with Crippen LogP contribution < -0.4 is 5.32 Å². The highest BCUT2D eigenvalue weighted by Gasteiger charge is 2.24. The molecular weight excluding hydrogens is 278 g/mol. The number of ether oxygens (including phenoxy) is 1. The van der Waals surface area contributed by atoms with Gasteiger partial charge in [-0.15, -0.1) is 0 Å². The monoisotopic (exact) mass is 297 g/mol. The highest BCUT2D eigenvalue weighted by molar-refractivity contribution is 6.31. The lowest BCUT2D eigenvalue weighted by Gasteiger charge is -2.18. The van der Waals surface area contributed by atoms with Gasteiger partial charge in [0.15, 0.2) is 0 Å². The minimum Gasteiger partial charge on any atom is -0.469 e. The molecule has 5 nitrogen and oxygen atoms in total. The van der Waals surface area contributed by atoms with E-state index in [2.05, 4.69) is 17.3 Å². The standard InChI is InChI=1S/C14H20ClN3O2/c1-4-12-10(5-7-20-12)13(16-2)14-11(15)9-17-18(14)6-8-19-3/h5,7,9,13,16H,4,6,8H2,1-3H3. The van der Waals surface area contributed by atoms with E-state index in [1.165, 1.54) is 0 Å². The largest absolute Gasteiger partial charge is 0.469 e. The van der Waals surface area contributed by atoms with E-state index >= 15 is 0 Å². The Labute approximate surface area is 123 Å². The summed E-state index contributed by atoms with van der Waals surface area (Å²) in [5.74, 6) is 0.958. The Bertz CT molecular complexity index is 550. The van der Waals surface area contributed by atoms with Crippen molar-refractivity contribution in [3.8, 4) is 0 Å². The molecule has 0 spiro atoms. The third kappa shape index (κ3) is 2.90. The van der Waals surface area contributed by atoms with Gasteiger partial charge in [0.2, 0.25) is 0 Å². The van der Waals surface area contributed by atoms with Crippen molar-refractivity contribution in [2.45, 2.75) is 25.9 Å². The third-order valence-electron chi connectivity index (χ3n) is 3.31. The summed E-state index contributed by atoms with van der Waals surface area (Å²) >= 11 is 6.32. The summed E-state index contributed by atoms with van der Waals surface area (Å²) < 4.78 is 12.5. The fourth-order valence-corrected chi connectivity index (χ4v) is 2.60. The van der Waals surface area contributed by atoms with Crippen LogP contribution in [0, 0.1) is 0 Å². The minimum atomic E-state index is -0.0458. The van der Waals surface area contributed by atoms with E-state index < -0.39 is 0 Å². The van der Waals surface area contributed by atoms with E-state index in [0.717, 1.165) is 23.4 Å². The molecule has 0 saturated carbocycles. The Hall–Kier alpha value is -1.30. The second kappa shape index (κ2) is 6.92. The molecule has 0 amide bonds. The van der Waals surface area contributed by atoms with Crippen molar-refractivity contribution >= 4 is 11.6 Å². The maximum atomic E-state index is 6.32. The molecule has 20 heavy (non-hydrogen) atoms. The van der Waals surface area contributed by atoms with Crippen molar-refractivity contribution in [3.63, 3.8) is 0 Å². The van der Waals surface area contributed by atoms with E-state index in [9.17, 15) is 0 Å². The molecule has 6 heteroatoms.